The Balaban J connectivity index is 1.35. The molecule has 0 spiro atoms. The number of carbonyl (C=O) groups excluding carboxylic acids is 1. The van der Waals surface area contributed by atoms with Crippen LogP contribution in [0.5, 0.6) is 0 Å². The third-order valence-electron chi connectivity index (χ3n) is 4.75. The van der Waals surface area contributed by atoms with Crippen molar-refractivity contribution >= 4 is 6.03 Å². The standard InChI is InChI=1S/C18H22N4O2/c23-18(19-11-16-21-17(22-24-16)13-9-10-13)20-15-8-4-2-6-12-5-1-3-7-14(12)15/h1,3,5,7,13,15H,2,4,6,8-11H2,(H2,19,20,23). The summed E-state index contributed by atoms with van der Waals surface area (Å²) in [5.41, 5.74) is 2.57. The van der Waals surface area contributed by atoms with Gasteiger partial charge < -0.3 is 15.2 Å². The van der Waals surface area contributed by atoms with Crippen LogP contribution in [0.2, 0.25) is 0 Å². The molecule has 0 bridgehead atoms. The van der Waals surface area contributed by atoms with E-state index in [1.165, 1.54) is 17.5 Å². The molecule has 0 saturated heterocycles. The van der Waals surface area contributed by atoms with Crippen molar-refractivity contribution in [1.29, 1.82) is 0 Å². The zero-order valence-corrected chi connectivity index (χ0v) is 13.6. The minimum Gasteiger partial charge on any atom is -0.337 e. The van der Waals surface area contributed by atoms with Crippen LogP contribution in [0.25, 0.3) is 0 Å². The summed E-state index contributed by atoms with van der Waals surface area (Å²) in [4.78, 5) is 16.6. The van der Waals surface area contributed by atoms with Gasteiger partial charge in [0.2, 0.25) is 5.89 Å². The van der Waals surface area contributed by atoms with Crippen LogP contribution in [-0.4, -0.2) is 16.2 Å². The average molecular weight is 326 g/mol. The van der Waals surface area contributed by atoms with E-state index in [0.717, 1.165) is 37.9 Å². The number of rotatable bonds is 4. The van der Waals surface area contributed by atoms with E-state index in [1.807, 2.05) is 6.07 Å². The molecule has 2 aliphatic carbocycles. The Kier molecular flexibility index (Phi) is 4.19. The second kappa shape index (κ2) is 6.63. The van der Waals surface area contributed by atoms with Crippen molar-refractivity contribution in [2.75, 3.05) is 0 Å². The summed E-state index contributed by atoms with van der Waals surface area (Å²) < 4.78 is 5.18. The van der Waals surface area contributed by atoms with Gasteiger partial charge in [-0.1, -0.05) is 35.8 Å². The molecule has 126 valence electrons. The smallest absolute Gasteiger partial charge is 0.315 e. The molecular weight excluding hydrogens is 304 g/mol. The summed E-state index contributed by atoms with van der Waals surface area (Å²) in [5, 5.41) is 9.87. The number of aryl methyl sites for hydroxylation is 1. The maximum atomic E-state index is 12.2. The monoisotopic (exact) mass is 326 g/mol. The predicted molar refractivity (Wildman–Crippen MR) is 88.4 cm³/mol. The molecule has 1 aromatic carbocycles. The van der Waals surface area contributed by atoms with Gasteiger partial charge in [-0.15, -0.1) is 0 Å². The number of urea groups is 1. The van der Waals surface area contributed by atoms with Gasteiger partial charge in [0.1, 0.15) is 0 Å². The number of nitrogens with one attached hydrogen (secondary N) is 2. The maximum absolute atomic E-state index is 12.2. The fourth-order valence-corrected chi connectivity index (χ4v) is 3.28. The van der Waals surface area contributed by atoms with Crippen LogP contribution in [-0.2, 0) is 13.0 Å². The maximum Gasteiger partial charge on any atom is 0.315 e. The largest absolute Gasteiger partial charge is 0.337 e. The van der Waals surface area contributed by atoms with Gasteiger partial charge >= 0.3 is 6.03 Å². The molecule has 1 aromatic heterocycles. The van der Waals surface area contributed by atoms with E-state index >= 15 is 0 Å². The molecule has 1 heterocycles. The number of carbonyl (C=O) groups is 1. The van der Waals surface area contributed by atoms with Gasteiger partial charge in [0, 0.05) is 5.92 Å². The minimum atomic E-state index is -0.192. The topological polar surface area (TPSA) is 80.1 Å². The Labute approximate surface area is 141 Å². The Morgan fingerprint density at radius 3 is 2.96 bits per heavy atom. The predicted octanol–water partition coefficient (Wildman–Crippen LogP) is 3.21. The van der Waals surface area contributed by atoms with E-state index in [4.69, 9.17) is 4.52 Å². The molecule has 1 saturated carbocycles. The van der Waals surface area contributed by atoms with Crippen LogP contribution in [0, 0.1) is 0 Å². The van der Waals surface area contributed by atoms with Crippen molar-refractivity contribution in [3.63, 3.8) is 0 Å². The fraction of sp³-hybridized carbons (Fsp3) is 0.500. The Bertz CT molecular complexity index is 723. The third kappa shape index (κ3) is 3.42. The van der Waals surface area contributed by atoms with Gasteiger partial charge in [0.05, 0.1) is 12.6 Å². The van der Waals surface area contributed by atoms with Crippen LogP contribution < -0.4 is 10.6 Å². The Hall–Kier alpha value is -2.37. The molecular formula is C18H22N4O2. The summed E-state index contributed by atoms with van der Waals surface area (Å²) in [6.07, 6.45) is 6.61. The van der Waals surface area contributed by atoms with Crippen molar-refractivity contribution in [2.24, 2.45) is 0 Å². The molecule has 4 rings (SSSR count). The average Bonchev–Trinajstić information content (AvgIpc) is 3.37. The van der Waals surface area contributed by atoms with Gasteiger partial charge in [-0.25, -0.2) is 4.79 Å². The minimum absolute atomic E-state index is 0.0633. The van der Waals surface area contributed by atoms with Crippen molar-refractivity contribution < 1.29 is 9.32 Å². The second-order valence-corrected chi connectivity index (χ2v) is 6.64. The van der Waals surface area contributed by atoms with Crippen molar-refractivity contribution in [2.45, 2.75) is 57.0 Å². The summed E-state index contributed by atoms with van der Waals surface area (Å²) in [7, 11) is 0. The van der Waals surface area contributed by atoms with Crippen LogP contribution in [0.15, 0.2) is 28.8 Å². The molecule has 2 aromatic rings. The molecule has 0 radical (unpaired) electrons. The highest BCUT2D eigenvalue weighted by molar-refractivity contribution is 5.74. The van der Waals surface area contributed by atoms with Gasteiger partial charge in [0.25, 0.3) is 0 Å². The van der Waals surface area contributed by atoms with Gasteiger partial charge in [-0.2, -0.15) is 4.98 Å². The van der Waals surface area contributed by atoms with Crippen molar-refractivity contribution in [3.05, 3.63) is 47.1 Å². The van der Waals surface area contributed by atoms with Crippen molar-refractivity contribution in [1.82, 2.24) is 20.8 Å². The molecule has 2 N–H and O–H groups in total. The molecule has 6 nitrogen and oxygen atoms in total. The first-order valence-corrected chi connectivity index (χ1v) is 8.74. The molecule has 6 heteroatoms. The number of nitrogens with zero attached hydrogens (tertiary/aromatic N) is 2. The quantitative estimate of drug-likeness (QED) is 0.846. The van der Waals surface area contributed by atoms with E-state index in [9.17, 15) is 4.79 Å². The first-order chi connectivity index (χ1) is 11.8. The molecule has 1 fully saturated rings. The molecule has 1 atom stereocenters. The summed E-state index contributed by atoms with van der Waals surface area (Å²) in [6, 6.07) is 8.25. The lowest BCUT2D eigenvalue weighted by Gasteiger charge is -2.19. The van der Waals surface area contributed by atoms with Crippen molar-refractivity contribution in [3.8, 4) is 0 Å². The lowest BCUT2D eigenvalue weighted by Crippen LogP contribution is -2.37. The summed E-state index contributed by atoms with van der Waals surface area (Å²) in [6.45, 7) is 0.264. The normalized spacial score (nSPS) is 20.1. The zero-order chi connectivity index (χ0) is 16.4. The fourth-order valence-electron chi connectivity index (χ4n) is 3.28. The molecule has 1 unspecified atom stereocenters. The van der Waals surface area contributed by atoms with E-state index in [-0.39, 0.29) is 18.6 Å². The number of aromatic nitrogens is 2. The lowest BCUT2D eigenvalue weighted by molar-refractivity contribution is 0.234. The summed E-state index contributed by atoms with van der Waals surface area (Å²) >= 11 is 0. The molecule has 0 aliphatic heterocycles. The van der Waals surface area contributed by atoms with Crippen LogP contribution >= 0.6 is 0 Å². The molecule has 24 heavy (non-hydrogen) atoms. The number of benzene rings is 1. The first-order valence-electron chi connectivity index (χ1n) is 8.74. The van der Waals surface area contributed by atoms with Crippen LogP contribution in [0.3, 0.4) is 0 Å². The highest BCUT2D eigenvalue weighted by Crippen LogP contribution is 2.38. The highest BCUT2D eigenvalue weighted by atomic mass is 16.5. The SMILES string of the molecule is O=C(NCc1nc(C2CC2)no1)NC1CCCCc2ccccc21. The van der Waals surface area contributed by atoms with Crippen LogP contribution in [0.1, 0.15) is 66.9 Å². The van der Waals surface area contributed by atoms with E-state index in [0.29, 0.717) is 11.8 Å². The highest BCUT2D eigenvalue weighted by Gasteiger charge is 2.28. The zero-order valence-electron chi connectivity index (χ0n) is 13.6. The molecule has 2 aliphatic rings. The van der Waals surface area contributed by atoms with Crippen LogP contribution in [0.4, 0.5) is 4.79 Å². The Morgan fingerprint density at radius 1 is 1.21 bits per heavy atom. The second-order valence-electron chi connectivity index (χ2n) is 6.64. The number of hydrogen-bond acceptors (Lipinski definition) is 4. The van der Waals surface area contributed by atoms with E-state index in [1.54, 1.807) is 0 Å². The lowest BCUT2D eigenvalue weighted by atomic mass is 9.99. The van der Waals surface area contributed by atoms with Gasteiger partial charge in [-0.3, -0.25) is 0 Å². The number of fused-ring (bicyclic) bond motifs is 1. The summed E-state index contributed by atoms with van der Waals surface area (Å²) in [5.74, 6) is 1.69. The van der Waals surface area contributed by atoms with E-state index in [2.05, 4.69) is 39.0 Å². The Morgan fingerprint density at radius 2 is 2.08 bits per heavy atom. The van der Waals surface area contributed by atoms with E-state index < -0.39 is 0 Å². The van der Waals surface area contributed by atoms with Gasteiger partial charge in [0.15, 0.2) is 5.82 Å². The third-order valence-corrected chi connectivity index (χ3v) is 4.75. The van der Waals surface area contributed by atoms with Gasteiger partial charge in [-0.05, 0) is 43.2 Å². The number of hydrogen-bond donors (Lipinski definition) is 2. The molecule has 2 amide bonds. The number of amides is 2. The first kappa shape index (κ1) is 15.2.